The van der Waals surface area contributed by atoms with Gasteiger partial charge in [0.1, 0.15) is 11.6 Å². The Kier molecular flexibility index (Phi) is 6.23. The molecule has 6 heteroatoms. The van der Waals surface area contributed by atoms with Gasteiger partial charge in [0.2, 0.25) is 5.91 Å². The molecule has 1 rings (SSSR count). The fraction of sp³-hybridized carbons (Fsp3) is 0.875. The SMILES string of the molecule is CC[C@H](NC(=O)OC(C)(C)C)C(=O)N1C[C@@H](C)N(C)[C@@H](C)C1. The number of carbonyl (C=O) groups is 2. The second kappa shape index (κ2) is 7.31. The first-order valence-electron chi connectivity index (χ1n) is 8.05. The van der Waals surface area contributed by atoms with Gasteiger partial charge in [-0.05, 0) is 48.1 Å². The molecular weight excluding hydrogens is 282 g/mol. The number of nitrogens with one attached hydrogen (secondary N) is 1. The maximum atomic E-state index is 12.7. The molecule has 1 heterocycles. The quantitative estimate of drug-likeness (QED) is 0.863. The third kappa shape index (κ3) is 5.16. The Bertz CT molecular complexity index is 394. The molecule has 0 aromatic heterocycles. The molecule has 22 heavy (non-hydrogen) atoms. The van der Waals surface area contributed by atoms with E-state index in [0.717, 1.165) is 0 Å². The van der Waals surface area contributed by atoms with Crippen LogP contribution in [-0.4, -0.2) is 65.7 Å². The van der Waals surface area contributed by atoms with Crippen LogP contribution in [0.1, 0.15) is 48.0 Å². The standard InChI is InChI=1S/C16H31N3O3/c1-8-13(17-15(21)22-16(4,5)6)14(20)19-9-11(2)18(7)12(3)10-19/h11-13H,8-10H2,1-7H3,(H,17,21)/t11-,12+,13-/m0/s1. The molecule has 0 saturated carbocycles. The van der Waals surface area contributed by atoms with E-state index in [0.29, 0.717) is 31.6 Å². The number of alkyl carbamates (subject to hydrolysis) is 1. The number of rotatable bonds is 3. The Morgan fingerprint density at radius 1 is 1.23 bits per heavy atom. The molecule has 0 aromatic rings. The summed E-state index contributed by atoms with van der Waals surface area (Å²) in [5, 5.41) is 2.70. The van der Waals surface area contributed by atoms with Crippen molar-refractivity contribution in [1.29, 1.82) is 0 Å². The molecule has 0 spiro atoms. The van der Waals surface area contributed by atoms with E-state index in [9.17, 15) is 9.59 Å². The summed E-state index contributed by atoms with van der Waals surface area (Å²) in [7, 11) is 2.08. The summed E-state index contributed by atoms with van der Waals surface area (Å²) in [6.07, 6.45) is 0.00983. The average Bonchev–Trinajstić information content (AvgIpc) is 2.38. The highest BCUT2D eigenvalue weighted by Crippen LogP contribution is 2.15. The van der Waals surface area contributed by atoms with Crippen molar-refractivity contribution >= 4 is 12.0 Å². The number of ether oxygens (including phenoxy) is 1. The summed E-state index contributed by atoms with van der Waals surface area (Å²) in [6, 6.07) is 0.0936. The number of likely N-dealkylation sites (N-methyl/N-ethyl adjacent to an activating group) is 1. The van der Waals surface area contributed by atoms with Gasteiger partial charge in [-0.1, -0.05) is 6.92 Å². The lowest BCUT2D eigenvalue weighted by Crippen LogP contribution is -2.60. The summed E-state index contributed by atoms with van der Waals surface area (Å²) in [5.41, 5.74) is -0.567. The number of carbonyl (C=O) groups excluding carboxylic acids is 2. The molecule has 1 N–H and O–H groups in total. The molecule has 2 amide bonds. The lowest BCUT2D eigenvalue weighted by Gasteiger charge is -2.43. The van der Waals surface area contributed by atoms with E-state index in [1.54, 1.807) is 20.8 Å². The Morgan fingerprint density at radius 3 is 2.14 bits per heavy atom. The van der Waals surface area contributed by atoms with Gasteiger partial charge in [-0.15, -0.1) is 0 Å². The van der Waals surface area contributed by atoms with Gasteiger partial charge in [-0.3, -0.25) is 9.69 Å². The molecule has 128 valence electrons. The van der Waals surface area contributed by atoms with Gasteiger partial charge in [-0.2, -0.15) is 0 Å². The Morgan fingerprint density at radius 2 is 1.73 bits per heavy atom. The molecule has 1 saturated heterocycles. The number of hydrogen-bond donors (Lipinski definition) is 1. The van der Waals surface area contributed by atoms with Crippen LogP contribution in [0.15, 0.2) is 0 Å². The van der Waals surface area contributed by atoms with Crippen LogP contribution in [0.3, 0.4) is 0 Å². The first kappa shape index (κ1) is 18.7. The molecule has 1 fully saturated rings. The Labute approximate surface area is 134 Å². The van der Waals surface area contributed by atoms with Gasteiger partial charge < -0.3 is 15.0 Å². The zero-order valence-electron chi connectivity index (χ0n) is 15.0. The maximum Gasteiger partial charge on any atom is 0.408 e. The fourth-order valence-electron chi connectivity index (χ4n) is 2.59. The summed E-state index contributed by atoms with van der Waals surface area (Å²) in [4.78, 5) is 28.7. The van der Waals surface area contributed by atoms with Crippen LogP contribution in [0.2, 0.25) is 0 Å². The summed E-state index contributed by atoms with van der Waals surface area (Å²) in [6.45, 7) is 12.9. The monoisotopic (exact) mass is 313 g/mol. The summed E-state index contributed by atoms with van der Waals surface area (Å²) < 4.78 is 5.24. The van der Waals surface area contributed by atoms with Crippen LogP contribution in [0.25, 0.3) is 0 Å². The van der Waals surface area contributed by atoms with Crippen molar-refractivity contribution in [2.45, 2.75) is 71.7 Å². The largest absolute Gasteiger partial charge is 0.444 e. The summed E-state index contributed by atoms with van der Waals surface area (Å²) >= 11 is 0. The molecule has 0 aliphatic carbocycles. The minimum absolute atomic E-state index is 0.0276. The zero-order chi connectivity index (χ0) is 17.1. The average molecular weight is 313 g/mol. The number of hydrogen-bond acceptors (Lipinski definition) is 4. The van der Waals surface area contributed by atoms with E-state index in [4.69, 9.17) is 4.74 Å². The molecule has 1 aliphatic heterocycles. The second-order valence-electron chi connectivity index (χ2n) is 7.21. The van der Waals surface area contributed by atoms with Crippen LogP contribution in [0.4, 0.5) is 4.79 Å². The first-order valence-corrected chi connectivity index (χ1v) is 8.05. The maximum absolute atomic E-state index is 12.7. The minimum Gasteiger partial charge on any atom is -0.444 e. The van der Waals surface area contributed by atoms with Crippen LogP contribution in [0.5, 0.6) is 0 Å². The molecule has 0 bridgehead atoms. The number of nitrogens with zero attached hydrogens (tertiary/aromatic N) is 2. The highest BCUT2D eigenvalue weighted by molar-refractivity contribution is 5.85. The highest BCUT2D eigenvalue weighted by Gasteiger charge is 2.33. The molecule has 6 nitrogen and oxygen atoms in total. The van der Waals surface area contributed by atoms with Crippen molar-refractivity contribution < 1.29 is 14.3 Å². The number of amides is 2. The molecule has 0 unspecified atom stereocenters. The van der Waals surface area contributed by atoms with Crippen molar-refractivity contribution in [3.63, 3.8) is 0 Å². The zero-order valence-corrected chi connectivity index (χ0v) is 15.0. The van der Waals surface area contributed by atoms with E-state index in [-0.39, 0.29) is 5.91 Å². The topological polar surface area (TPSA) is 61.9 Å². The van der Waals surface area contributed by atoms with Crippen molar-refractivity contribution in [2.75, 3.05) is 20.1 Å². The smallest absolute Gasteiger partial charge is 0.408 e. The van der Waals surface area contributed by atoms with Crippen molar-refractivity contribution in [3.8, 4) is 0 Å². The lowest BCUT2D eigenvalue weighted by atomic mass is 10.1. The van der Waals surface area contributed by atoms with Crippen LogP contribution >= 0.6 is 0 Å². The van der Waals surface area contributed by atoms with E-state index in [1.807, 2.05) is 11.8 Å². The first-order chi connectivity index (χ1) is 10.0. The van der Waals surface area contributed by atoms with Gasteiger partial charge in [0, 0.05) is 25.2 Å². The van der Waals surface area contributed by atoms with Gasteiger partial charge in [0.05, 0.1) is 0 Å². The predicted molar refractivity (Wildman–Crippen MR) is 86.7 cm³/mol. The third-order valence-electron chi connectivity index (χ3n) is 4.07. The highest BCUT2D eigenvalue weighted by atomic mass is 16.6. The molecule has 3 atom stereocenters. The fourth-order valence-corrected chi connectivity index (χ4v) is 2.59. The Hall–Kier alpha value is -1.30. The van der Waals surface area contributed by atoms with Crippen LogP contribution in [0, 0.1) is 0 Å². The predicted octanol–water partition coefficient (Wildman–Crippen LogP) is 1.84. The third-order valence-corrected chi connectivity index (χ3v) is 4.07. The Balaban J connectivity index is 2.66. The normalized spacial score (nSPS) is 24.8. The van der Waals surface area contributed by atoms with Crippen LogP contribution < -0.4 is 5.32 Å². The van der Waals surface area contributed by atoms with Gasteiger partial charge in [0.15, 0.2) is 0 Å². The lowest BCUT2D eigenvalue weighted by molar-refractivity contribution is -0.137. The number of piperazine rings is 1. The van der Waals surface area contributed by atoms with Gasteiger partial charge >= 0.3 is 6.09 Å². The molecule has 1 aliphatic rings. The molecule has 0 radical (unpaired) electrons. The summed E-state index contributed by atoms with van der Waals surface area (Å²) in [5.74, 6) is -0.0276. The van der Waals surface area contributed by atoms with Gasteiger partial charge in [-0.25, -0.2) is 4.79 Å². The molecule has 0 aromatic carbocycles. The van der Waals surface area contributed by atoms with Crippen LogP contribution in [-0.2, 0) is 9.53 Å². The molecular formula is C16H31N3O3. The van der Waals surface area contributed by atoms with E-state index >= 15 is 0 Å². The van der Waals surface area contributed by atoms with E-state index in [2.05, 4.69) is 31.1 Å². The van der Waals surface area contributed by atoms with E-state index in [1.165, 1.54) is 0 Å². The van der Waals surface area contributed by atoms with Crippen molar-refractivity contribution in [2.24, 2.45) is 0 Å². The van der Waals surface area contributed by atoms with Gasteiger partial charge in [0.25, 0.3) is 0 Å². The second-order valence-corrected chi connectivity index (χ2v) is 7.21. The van der Waals surface area contributed by atoms with E-state index < -0.39 is 17.7 Å². The van der Waals surface area contributed by atoms with Crippen molar-refractivity contribution in [3.05, 3.63) is 0 Å². The van der Waals surface area contributed by atoms with Crippen molar-refractivity contribution in [1.82, 2.24) is 15.1 Å². The minimum atomic E-state index is -0.567.